The highest BCUT2D eigenvalue weighted by atomic mass is 32.2. The number of fused-ring (bicyclic) bond motifs is 1. The van der Waals surface area contributed by atoms with Gasteiger partial charge in [0, 0.05) is 22.8 Å². The molecule has 2 heterocycles. The predicted molar refractivity (Wildman–Crippen MR) is 67.4 cm³/mol. The number of hydrogen-bond acceptors (Lipinski definition) is 3. The monoisotopic (exact) mass is 235 g/mol. The van der Waals surface area contributed by atoms with E-state index >= 15 is 0 Å². The van der Waals surface area contributed by atoms with Gasteiger partial charge in [-0.25, -0.2) is 0 Å². The molecule has 1 aromatic rings. The summed E-state index contributed by atoms with van der Waals surface area (Å²) in [5.74, 6) is 2.33. The molecule has 86 valence electrons. The second-order valence-corrected chi connectivity index (χ2v) is 5.55. The van der Waals surface area contributed by atoms with Gasteiger partial charge in [-0.2, -0.15) is 0 Å². The van der Waals surface area contributed by atoms with E-state index in [0.29, 0.717) is 6.10 Å². The second kappa shape index (κ2) is 4.68. The van der Waals surface area contributed by atoms with E-state index in [0.717, 1.165) is 25.3 Å². The van der Waals surface area contributed by atoms with Crippen LogP contribution in [0.5, 0.6) is 5.75 Å². The summed E-state index contributed by atoms with van der Waals surface area (Å²) in [6.45, 7) is 2.14. The summed E-state index contributed by atoms with van der Waals surface area (Å²) in [6.07, 6.45) is 3.94. The average Bonchev–Trinajstić information content (AvgIpc) is 2.80. The van der Waals surface area contributed by atoms with Crippen LogP contribution < -0.4 is 10.1 Å². The van der Waals surface area contributed by atoms with Crippen molar-refractivity contribution in [2.45, 2.75) is 30.3 Å². The van der Waals surface area contributed by atoms with Crippen LogP contribution in [-0.2, 0) is 6.42 Å². The van der Waals surface area contributed by atoms with Crippen molar-refractivity contribution in [2.75, 3.05) is 18.8 Å². The van der Waals surface area contributed by atoms with E-state index in [-0.39, 0.29) is 0 Å². The Balaban J connectivity index is 1.76. The molecule has 0 amide bonds. The van der Waals surface area contributed by atoms with Gasteiger partial charge in [-0.05, 0) is 37.9 Å². The molecule has 1 atom stereocenters. The summed E-state index contributed by atoms with van der Waals surface area (Å²) in [5.41, 5.74) is 1.43. The third-order valence-electron chi connectivity index (χ3n) is 3.24. The van der Waals surface area contributed by atoms with Gasteiger partial charge >= 0.3 is 0 Å². The molecule has 1 fully saturated rings. The molecule has 16 heavy (non-hydrogen) atoms. The molecule has 3 heteroatoms. The van der Waals surface area contributed by atoms with Gasteiger partial charge in [0.25, 0.3) is 0 Å². The number of thioether (sulfide) groups is 1. The second-order valence-electron chi connectivity index (χ2n) is 4.42. The highest BCUT2D eigenvalue weighted by molar-refractivity contribution is 7.99. The molecule has 2 nitrogen and oxygen atoms in total. The molecule has 0 aromatic heterocycles. The Morgan fingerprint density at radius 1 is 1.38 bits per heavy atom. The van der Waals surface area contributed by atoms with Crippen molar-refractivity contribution in [3.8, 4) is 5.75 Å². The van der Waals surface area contributed by atoms with E-state index in [4.69, 9.17) is 4.74 Å². The largest absolute Gasteiger partial charge is 0.489 e. The molecule has 0 radical (unpaired) electrons. The van der Waals surface area contributed by atoms with Crippen molar-refractivity contribution in [1.82, 2.24) is 5.32 Å². The fourth-order valence-electron chi connectivity index (χ4n) is 2.40. The summed E-state index contributed by atoms with van der Waals surface area (Å²) in [7, 11) is 0. The lowest BCUT2D eigenvalue weighted by Crippen LogP contribution is -2.37. The molecular formula is C13H17NOS. The number of nitrogens with one attached hydrogen (secondary N) is 1. The van der Waals surface area contributed by atoms with Gasteiger partial charge in [0.15, 0.2) is 0 Å². The average molecular weight is 235 g/mol. The minimum Gasteiger partial charge on any atom is -0.489 e. The minimum atomic E-state index is 0.367. The first-order valence-electron chi connectivity index (χ1n) is 6.05. The quantitative estimate of drug-likeness (QED) is 0.851. The van der Waals surface area contributed by atoms with E-state index in [2.05, 4.69) is 23.5 Å². The molecule has 2 aliphatic heterocycles. The third-order valence-corrected chi connectivity index (χ3v) is 4.35. The summed E-state index contributed by atoms with van der Waals surface area (Å²) in [5, 5.41) is 3.39. The normalized spacial score (nSPS) is 24.1. The first kappa shape index (κ1) is 10.5. The van der Waals surface area contributed by atoms with Gasteiger partial charge < -0.3 is 10.1 Å². The van der Waals surface area contributed by atoms with Crippen LogP contribution in [0.3, 0.4) is 0 Å². The van der Waals surface area contributed by atoms with Crippen LogP contribution in [0.1, 0.15) is 18.4 Å². The standard InChI is InChI=1S/C13H17NOS/c1-4-12(11-6-8-16-13(11)5-1)15-10-3-2-7-14-9-10/h1,4-5,10,14H,2-3,6-9H2. The van der Waals surface area contributed by atoms with Gasteiger partial charge in [-0.1, -0.05) is 6.07 Å². The molecule has 0 aliphatic carbocycles. The van der Waals surface area contributed by atoms with E-state index in [1.807, 2.05) is 11.8 Å². The van der Waals surface area contributed by atoms with Crippen molar-refractivity contribution in [3.63, 3.8) is 0 Å². The number of rotatable bonds is 2. The minimum absolute atomic E-state index is 0.367. The molecule has 1 aromatic carbocycles. The van der Waals surface area contributed by atoms with Crippen LogP contribution in [0.2, 0.25) is 0 Å². The number of benzene rings is 1. The summed E-state index contributed by atoms with van der Waals surface area (Å²) in [4.78, 5) is 1.42. The number of ether oxygens (including phenoxy) is 1. The van der Waals surface area contributed by atoms with E-state index in [1.165, 1.54) is 29.1 Å². The Morgan fingerprint density at radius 2 is 2.38 bits per heavy atom. The topological polar surface area (TPSA) is 21.3 Å². The maximum atomic E-state index is 6.12. The van der Waals surface area contributed by atoms with Gasteiger partial charge in [-0.3, -0.25) is 0 Å². The molecule has 0 saturated carbocycles. The maximum absolute atomic E-state index is 6.12. The van der Waals surface area contributed by atoms with Crippen LogP contribution in [-0.4, -0.2) is 24.9 Å². The van der Waals surface area contributed by atoms with Crippen molar-refractivity contribution in [1.29, 1.82) is 0 Å². The maximum Gasteiger partial charge on any atom is 0.124 e. The van der Waals surface area contributed by atoms with E-state index in [1.54, 1.807) is 0 Å². The SMILES string of the molecule is c1cc(OC2CCCNC2)c2c(c1)SCC2. The zero-order valence-corrected chi connectivity index (χ0v) is 10.2. The van der Waals surface area contributed by atoms with Crippen molar-refractivity contribution >= 4 is 11.8 Å². The fourth-order valence-corrected chi connectivity index (χ4v) is 3.48. The predicted octanol–water partition coefficient (Wildman–Crippen LogP) is 2.47. The van der Waals surface area contributed by atoms with Crippen LogP contribution in [0.4, 0.5) is 0 Å². The Morgan fingerprint density at radius 3 is 3.25 bits per heavy atom. The fraction of sp³-hybridized carbons (Fsp3) is 0.538. The molecule has 2 aliphatic rings. The van der Waals surface area contributed by atoms with E-state index < -0.39 is 0 Å². The summed E-state index contributed by atoms with van der Waals surface area (Å²) >= 11 is 1.95. The lowest BCUT2D eigenvalue weighted by molar-refractivity contribution is 0.165. The van der Waals surface area contributed by atoms with Gasteiger partial charge in [0.2, 0.25) is 0 Å². The van der Waals surface area contributed by atoms with Gasteiger partial charge in [0.1, 0.15) is 11.9 Å². The smallest absolute Gasteiger partial charge is 0.124 e. The molecule has 0 bridgehead atoms. The Hall–Kier alpha value is -0.670. The molecular weight excluding hydrogens is 218 g/mol. The summed E-state index contributed by atoms with van der Waals surface area (Å²) in [6, 6.07) is 6.45. The Kier molecular flexibility index (Phi) is 3.06. The lowest BCUT2D eigenvalue weighted by atomic mass is 10.1. The third kappa shape index (κ3) is 2.06. The lowest BCUT2D eigenvalue weighted by Gasteiger charge is -2.25. The first-order valence-corrected chi connectivity index (χ1v) is 7.04. The highest BCUT2D eigenvalue weighted by Gasteiger charge is 2.20. The van der Waals surface area contributed by atoms with E-state index in [9.17, 15) is 0 Å². The van der Waals surface area contributed by atoms with Crippen molar-refractivity contribution in [3.05, 3.63) is 23.8 Å². The van der Waals surface area contributed by atoms with Crippen LogP contribution in [0.25, 0.3) is 0 Å². The molecule has 1 unspecified atom stereocenters. The van der Waals surface area contributed by atoms with Crippen molar-refractivity contribution < 1.29 is 4.74 Å². The van der Waals surface area contributed by atoms with Crippen molar-refractivity contribution in [2.24, 2.45) is 0 Å². The zero-order valence-electron chi connectivity index (χ0n) is 9.37. The van der Waals surface area contributed by atoms with Gasteiger partial charge in [0.05, 0.1) is 0 Å². The number of hydrogen-bond donors (Lipinski definition) is 1. The Bertz CT molecular complexity index is 374. The molecule has 0 spiro atoms. The molecule has 3 rings (SSSR count). The first-order chi connectivity index (χ1) is 7.93. The number of piperidine rings is 1. The van der Waals surface area contributed by atoms with Crippen LogP contribution in [0.15, 0.2) is 23.1 Å². The van der Waals surface area contributed by atoms with Crippen LogP contribution in [0, 0.1) is 0 Å². The van der Waals surface area contributed by atoms with Crippen LogP contribution >= 0.6 is 11.8 Å². The molecule has 1 saturated heterocycles. The highest BCUT2D eigenvalue weighted by Crippen LogP contribution is 2.37. The molecule has 1 N–H and O–H groups in total. The summed E-state index contributed by atoms with van der Waals surface area (Å²) < 4.78 is 6.12. The Labute approximate surface area is 101 Å². The zero-order chi connectivity index (χ0) is 10.8. The van der Waals surface area contributed by atoms with Gasteiger partial charge in [-0.15, -0.1) is 11.8 Å².